The van der Waals surface area contributed by atoms with Gasteiger partial charge in [0.1, 0.15) is 18.6 Å². The van der Waals surface area contributed by atoms with Crippen LogP contribution in [0.4, 0.5) is 5.69 Å². The summed E-state index contributed by atoms with van der Waals surface area (Å²) in [6, 6.07) is 13.6. The van der Waals surface area contributed by atoms with E-state index in [4.69, 9.17) is 16.3 Å². The zero-order valence-corrected chi connectivity index (χ0v) is 12.4. The van der Waals surface area contributed by atoms with Crippen molar-refractivity contribution < 1.29 is 9.84 Å². The lowest BCUT2D eigenvalue weighted by Crippen LogP contribution is -2.23. The first-order chi connectivity index (χ1) is 10.1. The van der Waals surface area contributed by atoms with Crippen LogP contribution in [0.1, 0.15) is 18.1 Å². The molecule has 21 heavy (non-hydrogen) atoms. The maximum absolute atomic E-state index is 9.84. The van der Waals surface area contributed by atoms with Gasteiger partial charge in [0, 0.05) is 11.8 Å². The molecule has 2 aromatic rings. The molecule has 4 heteroatoms. The van der Waals surface area contributed by atoms with Gasteiger partial charge in [-0.05, 0) is 35.8 Å². The van der Waals surface area contributed by atoms with Crippen LogP contribution in [0.25, 0.3) is 6.08 Å². The average Bonchev–Trinajstić information content (AvgIpc) is 2.48. The summed E-state index contributed by atoms with van der Waals surface area (Å²) in [6.07, 6.45) is 1.25. The van der Waals surface area contributed by atoms with E-state index in [0.717, 1.165) is 22.4 Å². The Morgan fingerprint density at radius 3 is 2.76 bits per heavy atom. The van der Waals surface area contributed by atoms with Gasteiger partial charge in [0.2, 0.25) is 0 Å². The highest BCUT2D eigenvalue weighted by Gasteiger charge is 2.17. The fourth-order valence-electron chi connectivity index (χ4n) is 2.24. The lowest BCUT2D eigenvalue weighted by molar-refractivity contribution is 0.240. The van der Waals surface area contributed by atoms with Crippen LogP contribution in [0.15, 0.2) is 48.0 Å². The van der Waals surface area contributed by atoms with Gasteiger partial charge in [-0.15, -0.1) is 0 Å². The number of nitrogens with one attached hydrogen (secondary N) is 1. The van der Waals surface area contributed by atoms with E-state index in [2.05, 4.69) is 5.32 Å². The Hall–Kier alpha value is -1.97. The van der Waals surface area contributed by atoms with Crippen LogP contribution in [0.3, 0.4) is 0 Å². The van der Waals surface area contributed by atoms with Crippen molar-refractivity contribution in [3.05, 3.63) is 64.2 Å². The molecule has 0 amide bonds. The molecule has 1 aliphatic rings. The first kappa shape index (κ1) is 14.0. The summed E-state index contributed by atoms with van der Waals surface area (Å²) in [5, 5.41) is 13.4. The number of ether oxygens (including phenoxy) is 1. The summed E-state index contributed by atoms with van der Waals surface area (Å²) >= 11 is 6.27. The van der Waals surface area contributed by atoms with Gasteiger partial charge in [-0.25, -0.2) is 0 Å². The Labute approximate surface area is 128 Å². The van der Waals surface area contributed by atoms with Gasteiger partial charge in [0.05, 0.1) is 5.02 Å². The minimum atomic E-state index is -0.666. The summed E-state index contributed by atoms with van der Waals surface area (Å²) in [7, 11) is 0. The minimum absolute atomic E-state index is 0.455. The summed E-state index contributed by atoms with van der Waals surface area (Å²) in [4.78, 5) is 0. The van der Waals surface area contributed by atoms with E-state index < -0.39 is 6.23 Å². The molecule has 0 bridgehead atoms. The van der Waals surface area contributed by atoms with Crippen LogP contribution in [-0.2, 0) is 6.61 Å². The summed E-state index contributed by atoms with van der Waals surface area (Å²) < 4.78 is 5.78. The van der Waals surface area contributed by atoms with E-state index in [0.29, 0.717) is 17.4 Å². The fraction of sp³-hybridized carbons (Fsp3) is 0.176. The molecule has 1 atom stereocenters. The topological polar surface area (TPSA) is 41.5 Å². The molecule has 3 rings (SSSR count). The number of aliphatic hydroxyl groups is 1. The number of hydrogen-bond acceptors (Lipinski definition) is 3. The Bertz CT molecular complexity index is 683. The van der Waals surface area contributed by atoms with E-state index in [9.17, 15) is 5.11 Å². The van der Waals surface area contributed by atoms with Gasteiger partial charge in [0.15, 0.2) is 0 Å². The van der Waals surface area contributed by atoms with Crippen molar-refractivity contribution >= 4 is 23.4 Å². The van der Waals surface area contributed by atoms with Crippen LogP contribution < -0.4 is 10.1 Å². The molecule has 108 valence electrons. The SMILES string of the molecule is CC1=Cc2cc(Cl)c(OCc3ccccc3)cc2NC1O. The molecule has 1 heterocycles. The summed E-state index contributed by atoms with van der Waals surface area (Å²) in [5.41, 5.74) is 3.71. The third-order valence-electron chi connectivity index (χ3n) is 3.45. The van der Waals surface area contributed by atoms with Gasteiger partial charge >= 0.3 is 0 Å². The largest absolute Gasteiger partial charge is 0.487 e. The molecule has 0 aliphatic carbocycles. The Balaban J connectivity index is 1.83. The highest BCUT2D eigenvalue weighted by atomic mass is 35.5. The number of halogens is 1. The van der Waals surface area contributed by atoms with Crippen molar-refractivity contribution in [3.8, 4) is 5.75 Å². The molecule has 2 aromatic carbocycles. The normalized spacial score (nSPS) is 16.7. The molecule has 2 N–H and O–H groups in total. The van der Waals surface area contributed by atoms with Crippen LogP contribution in [-0.4, -0.2) is 11.3 Å². The van der Waals surface area contributed by atoms with E-state index >= 15 is 0 Å². The molecule has 0 saturated heterocycles. The van der Waals surface area contributed by atoms with E-state index in [1.165, 1.54) is 0 Å². The molecule has 0 saturated carbocycles. The first-order valence-electron chi connectivity index (χ1n) is 6.76. The third-order valence-corrected chi connectivity index (χ3v) is 3.74. The number of rotatable bonds is 3. The smallest absolute Gasteiger partial charge is 0.146 e. The zero-order chi connectivity index (χ0) is 14.8. The van der Waals surface area contributed by atoms with Crippen LogP contribution in [0.2, 0.25) is 5.02 Å². The van der Waals surface area contributed by atoms with Crippen LogP contribution in [0, 0.1) is 0 Å². The monoisotopic (exact) mass is 301 g/mol. The lowest BCUT2D eigenvalue weighted by atomic mass is 10.0. The Morgan fingerprint density at radius 1 is 1.24 bits per heavy atom. The molecule has 3 nitrogen and oxygen atoms in total. The first-order valence-corrected chi connectivity index (χ1v) is 7.14. The van der Waals surface area contributed by atoms with Gasteiger partial charge < -0.3 is 15.2 Å². The quantitative estimate of drug-likeness (QED) is 0.898. The van der Waals surface area contributed by atoms with Crippen LogP contribution >= 0.6 is 11.6 Å². The maximum Gasteiger partial charge on any atom is 0.146 e. The molecule has 1 aliphatic heterocycles. The highest BCUT2D eigenvalue weighted by Crippen LogP contribution is 2.35. The highest BCUT2D eigenvalue weighted by molar-refractivity contribution is 6.32. The number of aliphatic hydroxyl groups excluding tert-OH is 1. The van der Waals surface area contributed by atoms with Gasteiger partial charge in [-0.2, -0.15) is 0 Å². The molecular weight excluding hydrogens is 286 g/mol. The molecule has 0 spiro atoms. The third kappa shape index (κ3) is 3.04. The number of hydrogen-bond donors (Lipinski definition) is 2. The predicted molar refractivity (Wildman–Crippen MR) is 85.5 cm³/mol. The van der Waals surface area contributed by atoms with Crippen molar-refractivity contribution in [1.29, 1.82) is 0 Å². The van der Waals surface area contributed by atoms with E-state index in [1.54, 1.807) is 0 Å². The van der Waals surface area contributed by atoms with Gasteiger partial charge in [-0.1, -0.05) is 41.9 Å². The fourth-order valence-corrected chi connectivity index (χ4v) is 2.47. The van der Waals surface area contributed by atoms with Crippen molar-refractivity contribution in [2.24, 2.45) is 0 Å². The van der Waals surface area contributed by atoms with Crippen molar-refractivity contribution in [2.75, 3.05) is 5.32 Å². The second kappa shape index (κ2) is 5.80. The van der Waals surface area contributed by atoms with E-state index in [-0.39, 0.29) is 0 Å². The van der Waals surface area contributed by atoms with Crippen molar-refractivity contribution in [2.45, 2.75) is 19.8 Å². The van der Waals surface area contributed by atoms with E-state index in [1.807, 2.05) is 55.5 Å². The molecular formula is C17H16ClNO2. The zero-order valence-electron chi connectivity index (χ0n) is 11.6. The second-order valence-corrected chi connectivity index (χ2v) is 5.49. The second-order valence-electron chi connectivity index (χ2n) is 5.08. The van der Waals surface area contributed by atoms with Crippen molar-refractivity contribution in [1.82, 2.24) is 0 Å². The van der Waals surface area contributed by atoms with Gasteiger partial charge in [0.25, 0.3) is 0 Å². The Kier molecular flexibility index (Phi) is 3.86. The Morgan fingerprint density at radius 2 is 2.00 bits per heavy atom. The molecule has 0 aromatic heterocycles. The van der Waals surface area contributed by atoms with Crippen LogP contribution in [0.5, 0.6) is 5.75 Å². The standard InChI is InChI=1S/C17H16ClNO2/c1-11-7-13-8-14(18)16(9-15(13)19-17(11)20)21-10-12-5-3-2-4-6-12/h2-9,17,19-20H,10H2,1H3. The van der Waals surface area contributed by atoms with Gasteiger partial charge in [-0.3, -0.25) is 0 Å². The average molecular weight is 302 g/mol. The summed E-state index contributed by atoms with van der Waals surface area (Å²) in [5.74, 6) is 0.604. The minimum Gasteiger partial charge on any atom is -0.487 e. The van der Waals surface area contributed by atoms with Crippen molar-refractivity contribution in [3.63, 3.8) is 0 Å². The molecule has 0 fully saturated rings. The molecule has 0 radical (unpaired) electrons. The number of benzene rings is 2. The number of anilines is 1. The lowest BCUT2D eigenvalue weighted by Gasteiger charge is -2.23. The maximum atomic E-state index is 9.84. The molecule has 1 unspecified atom stereocenters. The predicted octanol–water partition coefficient (Wildman–Crippen LogP) is 4.07. The number of fused-ring (bicyclic) bond motifs is 1. The summed E-state index contributed by atoms with van der Waals surface area (Å²) in [6.45, 7) is 2.32.